The van der Waals surface area contributed by atoms with E-state index in [1.54, 1.807) is 0 Å². The molecule has 0 radical (unpaired) electrons. The average molecular weight is 306 g/mol. The number of hydrogen-bond donors (Lipinski definition) is 3. The number of unbranched alkanes of at least 4 members (excludes halogenated alkanes) is 6. The maximum absolute atomic E-state index is 7.19. The summed E-state index contributed by atoms with van der Waals surface area (Å²) in [6, 6.07) is 0. The number of halogens is 1. The second-order valence-electron chi connectivity index (χ2n) is 4.96. The summed E-state index contributed by atoms with van der Waals surface area (Å²) < 4.78 is 0. The van der Waals surface area contributed by atoms with Crippen molar-refractivity contribution in [1.82, 2.24) is 4.90 Å². The Hall–Kier alpha value is -0.970. The van der Waals surface area contributed by atoms with Crippen LogP contribution < -0.4 is 11.5 Å². The lowest BCUT2D eigenvalue weighted by Crippen LogP contribution is -2.40. The number of nitrogens with two attached hydrogens (primary N) is 2. The third-order valence-corrected chi connectivity index (χ3v) is 3.12. The first-order valence-electron chi connectivity index (χ1n) is 7.54. The Kier molecular flexibility index (Phi) is 15.4. The van der Waals surface area contributed by atoms with Gasteiger partial charge in [-0.1, -0.05) is 52.4 Å². The molecule has 0 aromatic carbocycles. The van der Waals surface area contributed by atoms with Gasteiger partial charge in [0.15, 0.2) is 5.96 Å². The molecule has 0 spiro atoms. The molecule has 0 aliphatic heterocycles. The minimum Gasteiger partial charge on any atom is -0.369 e. The summed E-state index contributed by atoms with van der Waals surface area (Å²) in [6.07, 6.45) is 9.65. The van der Waals surface area contributed by atoms with Gasteiger partial charge in [-0.25, -0.2) is 0 Å². The van der Waals surface area contributed by atoms with Crippen LogP contribution in [0.25, 0.3) is 0 Å². The van der Waals surface area contributed by atoms with Crippen LogP contribution >= 0.6 is 12.4 Å². The molecular weight excluding hydrogens is 274 g/mol. The summed E-state index contributed by atoms with van der Waals surface area (Å²) >= 11 is 0. The number of hydrogen-bond acceptors (Lipinski definition) is 1. The Morgan fingerprint density at radius 1 is 0.900 bits per heavy atom. The van der Waals surface area contributed by atoms with Crippen LogP contribution in [0.3, 0.4) is 0 Å². The van der Waals surface area contributed by atoms with E-state index in [2.05, 4.69) is 23.7 Å². The number of aliphatic imine (C=N–C) groups is 1. The van der Waals surface area contributed by atoms with E-state index in [0.717, 1.165) is 25.9 Å². The van der Waals surface area contributed by atoms with Crippen molar-refractivity contribution in [2.24, 2.45) is 16.5 Å². The van der Waals surface area contributed by atoms with Crippen LogP contribution in [0.2, 0.25) is 0 Å². The Labute approximate surface area is 130 Å². The zero-order chi connectivity index (χ0) is 14.5. The van der Waals surface area contributed by atoms with Crippen LogP contribution in [0.5, 0.6) is 0 Å². The van der Waals surface area contributed by atoms with Crippen molar-refractivity contribution in [2.45, 2.75) is 65.2 Å². The molecule has 20 heavy (non-hydrogen) atoms. The molecule has 0 aliphatic carbocycles. The average Bonchev–Trinajstić information content (AvgIpc) is 2.36. The van der Waals surface area contributed by atoms with Gasteiger partial charge in [0.1, 0.15) is 0 Å². The summed E-state index contributed by atoms with van der Waals surface area (Å²) in [4.78, 5) is 5.92. The van der Waals surface area contributed by atoms with Gasteiger partial charge in [-0.15, -0.1) is 12.4 Å². The third-order valence-electron chi connectivity index (χ3n) is 3.12. The van der Waals surface area contributed by atoms with E-state index in [1.165, 1.54) is 38.5 Å². The molecule has 5 N–H and O–H groups in total. The van der Waals surface area contributed by atoms with Crippen molar-refractivity contribution in [3.05, 3.63) is 0 Å². The summed E-state index contributed by atoms with van der Waals surface area (Å²) in [5, 5.41) is 7.19. The molecule has 5 nitrogen and oxygen atoms in total. The Morgan fingerprint density at radius 2 is 1.35 bits per heavy atom. The van der Waals surface area contributed by atoms with E-state index < -0.39 is 0 Å². The molecule has 120 valence electrons. The van der Waals surface area contributed by atoms with E-state index in [-0.39, 0.29) is 18.4 Å². The number of nitrogens with zero attached hydrogens (tertiary/aromatic N) is 2. The molecule has 0 amide bonds. The zero-order valence-electron chi connectivity index (χ0n) is 13.0. The van der Waals surface area contributed by atoms with Gasteiger partial charge < -0.3 is 16.4 Å². The monoisotopic (exact) mass is 305 g/mol. The van der Waals surface area contributed by atoms with E-state index in [4.69, 9.17) is 16.9 Å². The van der Waals surface area contributed by atoms with Crippen LogP contribution in [0.4, 0.5) is 0 Å². The van der Waals surface area contributed by atoms with Crippen LogP contribution in [-0.2, 0) is 0 Å². The molecule has 6 heteroatoms. The van der Waals surface area contributed by atoms with E-state index in [1.807, 2.05) is 0 Å². The fraction of sp³-hybridized carbons (Fsp3) is 0.857. The highest BCUT2D eigenvalue weighted by molar-refractivity contribution is 5.91. The van der Waals surface area contributed by atoms with Crippen molar-refractivity contribution in [1.29, 1.82) is 5.41 Å². The molecule has 0 aliphatic rings. The standard InChI is InChI=1S/C14H31N5.ClH/c1-3-5-7-9-11-19(12-10-8-6-4-2)14(17)18-13(15)16;/h3-12H2,1-2H3,(H5,15,16,17,18);1H. The molecule has 0 saturated carbocycles. The van der Waals surface area contributed by atoms with E-state index in [9.17, 15) is 0 Å². The van der Waals surface area contributed by atoms with Gasteiger partial charge >= 0.3 is 0 Å². The van der Waals surface area contributed by atoms with Gasteiger partial charge in [0.25, 0.3) is 0 Å². The summed E-state index contributed by atoms with van der Waals surface area (Å²) in [5.41, 5.74) is 11.2. The largest absolute Gasteiger partial charge is 0.369 e. The highest BCUT2D eigenvalue weighted by atomic mass is 35.5. The molecule has 0 rings (SSSR count). The lowest BCUT2D eigenvalue weighted by atomic mass is 10.2. The second-order valence-corrected chi connectivity index (χ2v) is 4.96. The maximum atomic E-state index is 7.19. The van der Waals surface area contributed by atoms with Crippen LogP contribution in [-0.4, -0.2) is 29.9 Å². The van der Waals surface area contributed by atoms with E-state index >= 15 is 0 Å². The lowest BCUT2D eigenvalue weighted by Gasteiger charge is -2.23. The topological polar surface area (TPSA) is 91.5 Å². The van der Waals surface area contributed by atoms with Gasteiger partial charge in [-0.3, -0.25) is 5.41 Å². The predicted octanol–water partition coefficient (Wildman–Crippen LogP) is 3.08. The molecule has 0 atom stereocenters. The van der Waals surface area contributed by atoms with Crippen molar-refractivity contribution in [2.75, 3.05) is 13.1 Å². The highest BCUT2D eigenvalue weighted by Gasteiger charge is 2.07. The molecule has 0 aromatic heterocycles. The molecule has 0 aromatic rings. The molecule has 0 heterocycles. The zero-order valence-corrected chi connectivity index (χ0v) is 13.8. The highest BCUT2D eigenvalue weighted by Crippen LogP contribution is 2.05. The van der Waals surface area contributed by atoms with Crippen molar-refractivity contribution in [3.63, 3.8) is 0 Å². The van der Waals surface area contributed by atoms with Gasteiger partial charge in [0.2, 0.25) is 5.96 Å². The molecule has 0 fully saturated rings. The fourth-order valence-corrected chi connectivity index (χ4v) is 1.99. The number of rotatable bonds is 10. The van der Waals surface area contributed by atoms with E-state index in [0.29, 0.717) is 5.96 Å². The summed E-state index contributed by atoms with van der Waals surface area (Å²) in [5.74, 6) is 0.171. The Balaban J connectivity index is 0. The smallest absolute Gasteiger partial charge is 0.215 e. The lowest BCUT2D eigenvalue weighted by molar-refractivity contribution is 0.383. The summed E-state index contributed by atoms with van der Waals surface area (Å²) in [6.45, 7) is 6.23. The Bertz CT molecular complexity index is 256. The summed E-state index contributed by atoms with van der Waals surface area (Å²) in [7, 11) is 0. The third kappa shape index (κ3) is 12.1. The minimum atomic E-state index is -0.218. The maximum Gasteiger partial charge on any atom is 0.215 e. The van der Waals surface area contributed by atoms with Crippen LogP contribution in [0.1, 0.15) is 65.2 Å². The molecule has 0 bridgehead atoms. The van der Waals surface area contributed by atoms with Gasteiger partial charge in [-0.2, -0.15) is 4.99 Å². The van der Waals surface area contributed by atoms with Crippen molar-refractivity contribution < 1.29 is 0 Å². The second kappa shape index (κ2) is 14.4. The predicted molar refractivity (Wildman–Crippen MR) is 90.6 cm³/mol. The van der Waals surface area contributed by atoms with Crippen LogP contribution in [0.15, 0.2) is 4.99 Å². The first-order valence-corrected chi connectivity index (χ1v) is 7.54. The first kappa shape index (κ1) is 21.3. The minimum absolute atomic E-state index is 0. The van der Waals surface area contributed by atoms with Crippen molar-refractivity contribution in [3.8, 4) is 0 Å². The van der Waals surface area contributed by atoms with Gasteiger partial charge in [0.05, 0.1) is 0 Å². The molecule has 0 saturated heterocycles. The normalized spacial score (nSPS) is 11.0. The molecule has 0 unspecified atom stereocenters. The fourth-order valence-electron chi connectivity index (χ4n) is 1.99. The van der Waals surface area contributed by atoms with Gasteiger partial charge in [0, 0.05) is 13.1 Å². The molecular formula is C14H32ClN5. The van der Waals surface area contributed by atoms with Gasteiger partial charge in [-0.05, 0) is 12.8 Å². The quantitative estimate of drug-likeness (QED) is 0.329. The number of guanidine groups is 2. The Morgan fingerprint density at radius 3 is 1.70 bits per heavy atom. The van der Waals surface area contributed by atoms with Crippen molar-refractivity contribution >= 4 is 24.3 Å². The SMILES string of the molecule is CCCCCCN(CCCCCC)C(N)=NC(=N)N.Cl. The number of nitrogens with one attached hydrogen (secondary N) is 1. The van der Waals surface area contributed by atoms with Crippen LogP contribution in [0, 0.1) is 5.41 Å². The first-order chi connectivity index (χ1) is 9.11.